The number of allylic oxidation sites excluding steroid dienone is 1. The first kappa shape index (κ1) is 16.0. The number of ketones is 1. The summed E-state index contributed by atoms with van der Waals surface area (Å²) in [6.07, 6.45) is 5.06. The molecule has 0 aliphatic carbocycles. The molecule has 0 amide bonds. The van der Waals surface area contributed by atoms with Gasteiger partial charge in [-0.2, -0.15) is 0 Å². The van der Waals surface area contributed by atoms with Crippen molar-refractivity contribution >= 4 is 11.9 Å². The third-order valence-corrected chi connectivity index (χ3v) is 2.71. The van der Waals surface area contributed by atoms with Crippen LogP contribution in [0.1, 0.15) is 26.3 Å². The topological polar surface area (TPSA) is 35.5 Å². The SMILES string of the molecule is C=CCOc1ccc(C=CC(=O)C(C)(C)C)cc1OC. The maximum Gasteiger partial charge on any atom is 0.161 e. The van der Waals surface area contributed by atoms with Crippen LogP contribution in [0.3, 0.4) is 0 Å². The van der Waals surface area contributed by atoms with E-state index < -0.39 is 0 Å². The minimum atomic E-state index is -0.367. The molecule has 0 unspecified atom stereocenters. The lowest BCUT2D eigenvalue weighted by Crippen LogP contribution is -2.17. The van der Waals surface area contributed by atoms with Crippen molar-refractivity contribution in [1.82, 2.24) is 0 Å². The first-order valence-electron chi connectivity index (χ1n) is 6.52. The molecule has 20 heavy (non-hydrogen) atoms. The van der Waals surface area contributed by atoms with E-state index in [1.165, 1.54) is 0 Å². The second kappa shape index (κ2) is 6.94. The van der Waals surface area contributed by atoms with E-state index in [-0.39, 0.29) is 11.2 Å². The molecule has 3 heteroatoms. The van der Waals surface area contributed by atoms with E-state index in [2.05, 4.69) is 6.58 Å². The van der Waals surface area contributed by atoms with E-state index >= 15 is 0 Å². The summed E-state index contributed by atoms with van der Waals surface area (Å²) in [6, 6.07) is 5.54. The van der Waals surface area contributed by atoms with Crippen LogP contribution >= 0.6 is 0 Å². The van der Waals surface area contributed by atoms with Crippen LogP contribution in [-0.2, 0) is 4.79 Å². The number of carbonyl (C=O) groups excluding carboxylic acids is 1. The van der Waals surface area contributed by atoms with Crippen LogP contribution in [0.2, 0.25) is 0 Å². The van der Waals surface area contributed by atoms with E-state index in [0.717, 1.165) is 5.56 Å². The highest BCUT2D eigenvalue weighted by molar-refractivity contribution is 5.97. The van der Waals surface area contributed by atoms with E-state index in [0.29, 0.717) is 18.1 Å². The molecule has 0 aliphatic rings. The van der Waals surface area contributed by atoms with Gasteiger partial charge in [0.15, 0.2) is 17.3 Å². The third kappa shape index (κ3) is 4.57. The lowest BCUT2D eigenvalue weighted by molar-refractivity contribution is -0.121. The number of ether oxygens (including phenoxy) is 2. The van der Waals surface area contributed by atoms with Crippen molar-refractivity contribution in [2.24, 2.45) is 5.41 Å². The van der Waals surface area contributed by atoms with Crippen molar-refractivity contribution in [1.29, 1.82) is 0 Å². The fourth-order valence-corrected chi connectivity index (χ4v) is 1.48. The molecule has 1 aromatic carbocycles. The fraction of sp³-hybridized carbons (Fsp3) is 0.353. The summed E-state index contributed by atoms with van der Waals surface area (Å²) in [6.45, 7) is 9.72. The molecule has 0 atom stereocenters. The van der Waals surface area contributed by atoms with Crippen molar-refractivity contribution in [3.63, 3.8) is 0 Å². The lowest BCUT2D eigenvalue weighted by atomic mass is 9.90. The standard InChI is InChI=1S/C17H22O3/c1-6-11-20-14-9-7-13(12-15(14)19-5)8-10-16(18)17(2,3)4/h6-10,12H,1,11H2,2-5H3. The minimum Gasteiger partial charge on any atom is -0.493 e. The normalized spacial score (nSPS) is 11.4. The van der Waals surface area contributed by atoms with Crippen LogP contribution < -0.4 is 9.47 Å². The molecule has 0 N–H and O–H groups in total. The van der Waals surface area contributed by atoms with Gasteiger partial charge < -0.3 is 9.47 Å². The summed E-state index contributed by atoms with van der Waals surface area (Å²) in [4.78, 5) is 11.8. The summed E-state index contributed by atoms with van der Waals surface area (Å²) in [5.41, 5.74) is 0.526. The van der Waals surface area contributed by atoms with Gasteiger partial charge in [0.2, 0.25) is 0 Å². The van der Waals surface area contributed by atoms with Gasteiger partial charge in [-0.05, 0) is 23.8 Å². The molecular formula is C17H22O3. The quantitative estimate of drug-likeness (QED) is 0.583. The minimum absolute atomic E-state index is 0.0865. The van der Waals surface area contributed by atoms with Gasteiger partial charge in [0.05, 0.1) is 7.11 Å². The third-order valence-electron chi connectivity index (χ3n) is 2.71. The average Bonchev–Trinajstić information content (AvgIpc) is 2.41. The van der Waals surface area contributed by atoms with E-state index in [1.54, 1.807) is 25.3 Å². The van der Waals surface area contributed by atoms with Gasteiger partial charge in [-0.25, -0.2) is 0 Å². The molecule has 3 nitrogen and oxygen atoms in total. The highest BCUT2D eigenvalue weighted by Crippen LogP contribution is 2.28. The van der Waals surface area contributed by atoms with Gasteiger partial charge in [-0.3, -0.25) is 4.79 Å². The highest BCUT2D eigenvalue weighted by atomic mass is 16.5. The Labute approximate surface area is 120 Å². The summed E-state index contributed by atoms with van der Waals surface area (Å²) in [5.74, 6) is 1.38. The summed E-state index contributed by atoms with van der Waals surface area (Å²) < 4.78 is 10.8. The molecule has 1 rings (SSSR count). The monoisotopic (exact) mass is 274 g/mol. The van der Waals surface area contributed by atoms with Crippen LogP contribution in [0.5, 0.6) is 11.5 Å². The average molecular weight is 274 g/mol. The molecular weight excluding hydrogens is 252 g/mol. The van der Waals surface area contributed by atoms with Gasteiger partial charge in [0.25, 0.3) is 0 Å². The van der Waals surface area contributed by atoms with E-state index in [4.69, 9.17) is 9.47 Å². The molecule has 1 aromatic rings. The Bertz CT molecular complexity index is 507. The maximum atomic E-state index is 11.8. The van der Waals surface area contributed by atoms with Crippen LogP contribution in [0.25, 0.3) is 6.08 Å². The zero-order chi connectivity index (χ0) is 15.2. The van der Waals surface area contributed by atoms with Crippen LogP contribution in [0.15, 0.2) is 36.9 Å². The molecule has 108 valence electrons. The Kier molecular flexibility index (Phi) is 5.56. The fourth-order valence-electron chi connectivity index (χ4n) is 1.48. The zero-order valence-corrected chi connectivity index (χ0v) is 12.6. The largest absolute Gasteiger partial charge is 0.493 e. The van der Waals surface area contributed by atoms with Crippen LogP contribution in [0.4, 0.5) is 0 Å². The van der Waals surface area contributed by atoms with Gasteiger partial charge in [-0.1, -0.05) is 45.6 Å². The maximum absolute atomic E-state index is 11.8. The Balaban J connectivity index is 2.90. The number of hydrogen-bond donors (Lipinski definition) is 0. The van der Waals surface area contributed by atoms with Gasteiger partial charge in [-0.15, -0.1) is 0 Å². The number of methoxy groups -OCH3 is 1. The lowest BCUT2D eigenvalue weighted by Gasteiger charge is -2.13. The first-order chi connectivity index (χ1) is 9.38. The van der Waals surface area contributed by atoms with Gasteiger partial charge in [0.1, 0.15) is 6.61 Å². The van der Waals surface area contributed by atoms with Crippen molar-refractivity contribution in [2.75, 3.05) is 13.7 Å². The van der Waals surface area contributed by atoms with E-state index in [1.807, 2.05) is 39.0 Å². The molecule has 0 heterocycles. The number of carbonyl (C=O) groups is 1. The smallest absolute Gasteiger partial charge is 0.161 e. The summed E-state index contributed by atoms with van der Waals surface area (Å²) in [5, 5.41) is 0. The predicted molar refractivity (Wildman–Crippen MR) is 82.2 cm³/mol. The van der Waals surface area contributed by atoms with Crippen LogP contribution in [0, 0.1) is 5.41 Å². The second-order valence-corrected chi connectivity index (χ2v) is 5.46. The van der Waals surface area contributed by atoms with Gasteiger partial charge >= 0.3 is 0 Å². The van der Waals surface area contributed by atoms with Crippen molar-refractivity contribution in [2.45, 2.75) is 20.8 Å². The first-order valence-corrected chi connectivity index (χ1v) is 6.52. The Hall–Kier alpha value is -2.03. The molecule has 0 spiro atoms. The predicted octanol–water partition coefficient (Wildman–Crippen LogP) is 3.89. The van der Waals surface area contributed by atoms with Crippen molar-refractivity contribution < 1.29 is 14.3 Å². The molecule has 0 saturated carbocycles. The summed E-state index contributed by atoms with van der Waals surface area (Å²) in [7, 11) is 1.59. The molecule has 0 aliphatic heterocycles. The molecule has 0 fully saturated rings. The second-order valence-electron chi connectivity index (χ2n) is 5.46. The zero-order valence-electron chi connectivity index (χ0n) is 12.6. The molecule has 0 bridgehead atoms. The molecule has 0 aromatic heterocycles. The highest BCUT2D eigenvalue weighted by Gasteiger charge is 2.17. The Morgan fingerprint density at radius 2 is 2.00 bits per heavy atom. The molecule has 0 radical (unpaired) electrons. The summed E-state index contributed by atoms with van der Waals surface area (Å²) >= 11 is 0. The van der Waals surface area contributed by atoms with Crippen molar-refractivity contribution in [3.05, 3.63) is 42.5 Å². The van der Waals surface area contributed by atoms with Crippen LogP contribution in [-0.4, -0.2) is 19.5 Å². The number of rotatable bonds is 6. The number of benzene rings is 1. The van der Waals surface area contributed by atoms with E-state index in [9.17, 15) is 4.79 Å². The molecule has 0 saturated heterocycles. The number of hydrogen-bond acceptors (Lipinski definition) is 3. The Morgan fingerprint density at radius 1 is 1.30 bits per heavy atom. The Morgan fingerprint density at radius 3 is 2.55 bits per heavy atom. The van der Waals surface area contributed by atoms with Gasteiger partial charge in [0, 0.05) is 5.41 Å². The van der Waals surface area contributed by atoms with Crippen molar-refractivity contribution in [3.8, 4) is 11.5 Å².